The molecule has 0 amide bonds. The molecule has 0 bridgehead atoms. The SMILES string of the molecule is Cc1cc(CO)c(C)n1-c1ccc(F)cc1. The fourth-order valence-electron chi connectivity index (χ4n) is 1.98. The number of aryl methyl sites for hydroxylation is 1. The Morgan fingerprint density at radius 1 is 1.19 bits per heavy atom. The Hall–Kier alpha value is -1.61. The van der Waals surface area contributed by atoms with E-state index in [0.717, 1.165) is 22.6 Å². The molecule has 2 aromatic rings. The molecule has 16 heavy (non-hydrogen) atoms. The van der Waals surface area contributed by atoms with Crippen molar-refractivity contribution in [3.63, 3.8) is 0 Å². The van der Waals surface area contributed by atoms with Crippen LogP contribution in [0.25, 0.3) is 5.69 Å². The lowest BCUT2D eigenvalue weighted by Crippen LogP contribution is -1.99. The molecule has 0 fully saturated rings. The molecule has 0 saturated heterocycles. The molecule has 2 nitrogen and oxygen atoms in total. The van der Waals surface area contributed by atoms with Crippen LogP contribution in [-0.2, 0) is 6.61 Å². The van der Waals surface area contributed by atoms with Crippen molar-refractivity contribution < 1.29 is 9.50 Å². The standard InChI is InChI=1S/C13H14FNO/c1-9-7-11(8-16)10(2)15(9)13-5-3-12(14)4-6-13/h3-7,16H,8H2,1-2H3. The number of hydrogen-bond acceptors (Lipinski definition) is 1. The van der Waals surface area contributed by atoms with Gasteiger partial charge in [-0.15, -0.1) is 0 Å². The summed E-state index contributed by atoms with van der Waals surface area (Å²) in [5.74, 6) is -0.242. The van der Waals surface area contributed by atoms with E-state index in [4.69, 9.17) is 0 Å². The van der Waals surface area contributed by atoms with Gasteiger partial charge in [0.25, 0.3) is 0 Å². The summed E-state index contributed by atoms with van der Waals surface area (Å²) in [5.41, 5.74) is 3.85. The van der Waals surface area contributed by atoms with Gasteiger partial charge in [-0.25, -0.2) is 4.39 Å². The predicted octanol–water partition coefficient (Wildman–Crippen LogP) is 2.73. The summed E-state index contributed by atoms with van der Waals surface area (Å²) >= 11 is 0. The third-order valence-electron chi connectivity index (χ3n) is 2.79. The van der Waals surface area contributed by atoms with E-state index < -0.39 is 0 Å². The Kier molecular flexibility index (Phi) is 2.79. The van der Waals surface area contributed by atoms with Crippen LogP contribution in [0.2, 0.25) is 0 Å². The number of nitrogens with zero attached hydrogens (tertiary/aromatic N) is 1. The van der Waals surface area contributed by atoms with Gasteiger partial charge in [-0.05, 0) is 49.7 Å². The van der Waals surface area contributed by atoms with Gasteiger partial charge in [0.05, 0.1) is 6.61 Å². The largest absolute Gasteiger partial charge is 0.392 e. The van der Waals surface area contributed by atoms with E-state index in [1.165, 1.54) is 12.1 Å². The third-order valence-corrected chi connectivity index (χ3v) is 2.79. The quantitative estimate of drug-likeness (QED) is 0.825. The van der Waals surface area contributed by atoms with Crippen LogP contribution in [0.5, 0.6) is 0 Å². The number of rotatable bonds is 2. The molecule has 0 saturated carbocycles. The second-order valence-corrected chi connectivity index (χ2v) is 3.87. The lowest BCUT2D eigenvalue weighted by atomic mass is 10.2. The Morgan fingerprint density at radius 3 is 2.31 bits per heavy atom. The summed E-state index contributed by atoms with van der Waals surface area (Å²) in [5, 5.41) is 9.17. The third kappa shape index (κ3) is 1.74. The van der Waals surface area contributed by atoms with Crippen LogP contribution in [0.15, 0.2) is 30.3 Å². The fourth-order valence-corrected chi connectivity index (χ4v) is 1.98. The van der Waals surface area contributed by atoms with Gasteiger partial charge in [-0.1, -0.05) is 0 Å². The van der Waals surface area contributed by atoms with Crippen LogP contribution in [0, 0.1) is 19.7 Å². The van der Waals surface area contributed by atoms with Gasteiger partial charge >= 0.3 is 0 Å². The first-order chi connectivity index (χ1) is 7.63. The molecule has 2 rings (SSSR count). The summed E-state index contributed by atoms with van der Waals surface area (Å²) in [4.78, 5) is 0. The zero-order chi connectivity index (χ0) is 11.7. The number of halogens is 1. The number of hydrogen-bond donors (Lipinski definition) is 1. The highest BCUT2D eigenvalue weighted by molar-refractivity contribution is 5.40. The number of benzene rings is 1. The summed E-state index contributed by atoms with van der Waals surface area (Å²) in [6.07, 6.45) is 0. The van der Waals surface area contributed by atoms with E-state index >= 15 is 0 Å². The molecular weight excluding hydrogens is 205 g/mol. The molecule has 1 heterocycles. The molecule has 84 valence electrons. The van der Waals surface area contributed by atoms with Crippen molar-refractivity contribution in [3.05, 3.63) is 53.1 Å². The van der Waals surface area contributed by atoms with E-state index in [9.17, 15) is 9.50 Å². The molecular formula is C13H14FNO. The van der Waals surface area contributed by atoms with Gasteiger partial charge < -0.3 is 9.67 Å². The van der Waals surface area contributed by atoms with Crippen molar-refractivity contribution in [2.24, 2.45) is 0 Å². The monoisotopic (exact) mass is 219 g/mol. The molecule has 1 aromatic carbocycles. The maximum absolute atomic E-state index is 12.8. The maximum Gasteiger partial charge on any atom is 0.123 e. The zero-order valence-electron chi connectivity index (χ0n) is 9.37. The van der Waals surface area contributed by atoms with Crippen molar-refractivity contribution in [1.82, 2.24) is 4.57 Å². The highest BCUT2D eigenvalue weighted by atomic mass is 19.1. The lowest BCUT2D eigenvalue weighted by Gasteiger charge is -2.09. The summed E-state index contributed by atoms with van der Waals surface area (Å²) in [7, 11) is 0. The first kappa shape index (κ1) is 10.9. The van der Waals surface area contributed by atoms with Crippen LogP contribution in [-0.4, -0.2) is 9.67 Å². The number of aromatic nitrogens is 1. The molecule has 0 aliphatic heterocycles. The molecule has 0 aliphatic rings. The molecule has 0 atom stereocenters. The van der Waals surface area contributed by atoms with Crippen molar-refractivity contribution in [2.45, 2.75) is 20.5 Å². The molecule has 1 N–H and O–H groups in total. The topological polar surface area (TPSA) is 25.2 Å². The van der Waals surface area contributed by atoms with Crippen LogP contribution in [0.4, 0.5) is 4.39 Å². The van der Waals surface area contributed by atoms with Crippen molar-refractivity contribution in [1.29, 1.82) is 0 Å². The average Bonchev–Trinajstić information content (AvgIpc) is 2.56. The van der Waals surface area contributed by atoms with Gasteiger partial charge in [0.2, 0.25) is 0 Å². The van der Waals surface area contributed by atoms with Crippen LogP contribution in [0.3, 0.4) is 0 Å². The molecule has 0 radical (unpaired) electrons. The summed E-state index contributed by atoms with van der Waals surface area (Å²) in [6.45, 7) is 3.94. The van der Waals surface area contributed by atoms with Gasteiger partial charge in [0.15, 0.2) is 0 Å². The molecule has 0 aliphatic carbocycles. The normalized spacial score (nSPS) is 10.8. The first-order valence-electron chi connectivity index (χ1n) is 5.18. The van der Waals surface area contributed by atoms with E-state index in [1.807, 2.05) is 24.5 Å². The van der Waals surface area contributed by atoms with E-state index in [2.05, 4.69) is 0 Å². The minimum Gasteiger partial charge on any atom is -0.392 e. The Morgan fingerprint density at radius 2 is 1.81 bits per heavy atom. The van der Waals surface area contributed by atoms with E-state index in [-0.39, 0.29) is 12.4 Å². The van der Waals surface area contributed by atoms with Gasteiger partial charge in [-0.3, -0.25) is 0 Å². The summed E-state index contributed by atoms with van der Waals surface area (Å²) < 4.78 is 14.8. The van der Waals surface area contributed by atoms with Crippen molar-refractivity contribution >= 4 is 0 Å². The minimum atomic E-state index is -0.242. The summed E-state index contributed by atoms with van der Waals surface area (Å²) in [6, 6.07) is 8.28. The van der Waals surface area contributed by atoms with Gasteiger partial charge in [0, 0.05) is 17.1 Å². The van der Waals surface area contributed by atoms with Crippen molar-refractivity contribution in [2.75, 3.05) is 0 Å². The molecule has 0 spiro atoms. The van der Waals surface area contributed by atoms with E-state index in [1.54, 1.807) is 12.1 Å². The smallest absolute Gasteiger partial charge is 0.123 e. The van der Waals surface area contributed by atoms with Crippen LogP contribution in [0.1, 0.15) is 17.0 Å². The zero-order valence-corrected chi connectivity index (χ0v) is 9.37. The van der Waals surface area contributed by atoms with Gasteiger partial charge in [-0.2, -0.15) is 0 Å². The highest BCUT2D eigenvalue weighted by Gasteiger charge is 2.09. The Bertz CT molecular complexity index is 499. The highest BCUT2D eigenvalue weighted by Crippen LogP contribution is 2.20. The molecule has 1 aromatic heterocycles. The second kappa shape index (κ2) is 4.10. The Balaban J connectivity index is 2.55. The number of aliphatic hydroxyl groups is 1. The minimum absolute atomic E-state index is 0.0286. The first-order valence-corrected chi connectivity index (χ1v) is 5.18. The lowest BCUT2D eigenvalue weighted by molar-refractivity contribution is 0.281. The second-order valence-electron chi connectivity index (χ2n) is 3.87. The molecule has 0 unspecified atom stereocenters. The van der Waals surface area contributed by atoms with Crippen LogP contribution < -0.4 is 0 Å². The van der Waals surface area contributed by atoms with E-state index in [0.29, 0.717) is 0 Å². The van der Waals surface area contributed by atoms with Gasteiger partial charge in [0.1, 0.15) is 5.82 Å². The maximum atomic E-state index is 12.8. The number of aliphatic hydroxyl groups excluding tert-OH is 1. The van der Waals surface area contributed by atoms with Crippen molar-refractivity contribution in [3.8, 4) is 5.69 Å². The fraction of sp³-hybridized carbons (Fsp3) is 0.231. The Labute approximate surface area is 94.0 Å². The predicted molar refractivity (Wildman–Crippen MR) is 61.1 cm³/mol. The average molecular weight is 219 g/mol. The molecule has 3 heteroatoms. The van der Waals surface area contributed by atoms with Crippen LogP contribution >= 0.6 is 0 Å².